The van der Waals surface area contributed by atoms with Crippen LogP contribution in [0, 0.1) is 10.1 Å². The molecule has 9 heteroatoms. The maximum absolute atomic E-state index is 10.5. The zero-order valence-electron chi connectivity index (χ0n) is 8.65. The maximum atomic E-state index is 10.5. The first-order valence-corrected chi connectivity index (χ1v) is 5.15. The molecular weight excluding hydrogens is 262 g/mol. The molecule has 0 saturated heterocycles. The van der Waals surface area contributed by atoms with E-state index in [9.17, 15) is 10.1 Å². The van der Waals surface area contributed by atoms with Gasteiger partial charge in [0.15, 0.2) is 11.4 Å². The van der Waals surface area contributed by atoms with Gasteiger partial charge in [0.25, 0.3) is 0 Å². The number of hydrogen-bond donors (Lipinski definition) is 0. The Morgan fingerprint density at radius 2 is 2.11 bits per heavy atom. The first-order valence-electron chi connectivity index (χ1n) is 4.78. The number of furan rings is 1. The number of rotatable bonds is 2. The van der Waals surface area contributed by atoms with E-state index < -0.39 is 4.92 Å². The molecule has 0 aromatic carbocycles. The Hall–Kier alpha value is -2.48. The summed E-state index contributed by atoms with van der Waals surface area (Å²) in [4.78, 5) is 9.90. The van der Waals surface area contributed by atoms with E-state index in [1.165, 1.54) is 16.6 Å². The van der Waals surface area contributed by atoms with Crippen LogP contribution in [-0.4, -0.2) is 24.7 Å². The van der Waals surface area contributed by atoms with E-state index in [0.717, 1.165) is 0 Å². The summed E-state index contributed by atoms with van der Waals surface area (Å²) < 4.78 is 6.38. The smallest absolute Gasteiger partial charge is 0.397 e. The van der Waals surface area contributed by atoms with E-state index in [4.69, 9.17) is 16.0 Å². The van der Waals surface area contributed by atoms with Gasteiger partial charge in [-0.25, -0.2) is 0 Å². The van der Waals surface area contributed by atoms with Crippen LogP contribution >= 0.6 is 11.6 Å². The second-order valence-electron chi connectivity index (χ2n) is 3.34. The van der Waals surface area contributed by atoms with Gasteiger partial charge in [-0.2, -0.15) is 9.61 Å². The van der Waals surface area contributed by atoms with Gasteiger partial charge in [0, 0.05) is 0 Å². The monoisotopic (exact) mass is 265 g/mol. The quantitative estimate of drug-likeness (QED) is 0.518. The third kappa shape index (κ3) is 1.59. The summed E-state index contributed by atoms with van der Waals surface area (Å²) in [6.45, 7) is 0. The molecule has 8 nitrogen and oxygen atoms in total. The average Bonchev–Trinajstić information content (AvgIpc) is 2.93. The summed E-state index contributed by atoms with van der Waals surface area (Å²) in [7, 11) is 0. The molecule has 90 valence electrons. The average molecular weight is 266 g/mol. The van der Waals surface area contributed by atoms with Crippen molar-refractivity contribution in [3.63, 3.8) is 0 Å². The summed E-state index contributed by atoms with van der Waals surface area (Å²) in [5.74, 6) is 0.0772. The van der Waals surface area contributed by atoms with Crippen molar-refractivity contribution in [2.45, 2.75) is 0 Å². The Morgan fingerprint density at radius 3 is 2.83 bits per heavy atom. The molecule has 3 aromatic heterocycles. The third-order valence-corrected chi connectivity index (χ3v) is 2.42. The molecule has 18 heavy (non-hydrogen) atoms. The van der Waals surface area contributed by atoms with E-state index in [1.54, 1.807) is 12.1 Å². The van der Waals surface area contributed by atoms with Gasteiger partial charge in [-0.1, -0.05) is 11.6 Å². The minimum absolute atomic E-state index is 0.198. The lowest BCUT2D eigenvalue weighted by Crippen LogP contribution is -1.94. The zero-order chi connectivity index (χ0) is 12.7. The van der Waals surface area contributed by atoms with Crippen molar-refractivity contribution in [3.05, 3.63) is 39.5 Å². The molecule has 3 heterocycles. The molecule has 0 atom stereocenters. The summed E-state index contributed by atoms with van der Waals surface area (Å²) in [6.07, 6.45) is 0. The molecule has 0 bridgehead atoms. The molecule has 0 amide bonds. The molecule has 0 N–H and O–H groups in total. The Labute approximate surface area is 104 Å². The van der Waals surface area contributed by atoms with Crippen LogP contribution in [0.25, 0.3) is 17.2 Å². The van der Waals surface area contributed by atoms with Gasteiger partial charge >= 0.3 is 5.88 Å². The fourth-order valence-electron chi connectivity index (χ4n) is 1.47. The number of nitrogens with zero attached hydrogens (tertiary/aromatic N) is 5. The molecule has 0 aliphatic carbocycles. The number of halogens is 1. The molecule has 0 aliphatic rings. The van der Waals surface area contributed by atoms with Crippen molar-refractivity contribution in [2.75, 3.05) is 0 Å². The highest BCUT2D eigenvalue weighted by Gasteiger charge is 2.18. The number of aromatic nitrogens is 4. The van der Waals surface area contributed by atoms with Crippen LogP contribution in [-0.2, 0) is 0 Å². The van der Waals surface area contributed by atoms with Crippen LogP contribution in [0.5, 0.6) is 0 Å². The van der Waals surface area contributed by atoms with Crippen LogP contribution in [0.3, 0.4) is 0 Å². The predicted molar refractivity (Wildman–Crippen MR) is 60.1 cm³/mol. The van der Waals surface area contributed by atoms with Crippen molar-refractivity contribution in [3.8, 4) is 11.6 Å². The summed E-state index contributed by atoms with van der Waals surface area (Å²) in [5.41, 5.74) is 0.466. The second kappa shape index (κ2) is 3.77. The van der Waals surface area contributed by atoms with Gasteiger partial charge in [-0.05, 0) is 18.2 Å². The van der Waals surface area contributed by atoms with Crippen LogP contribution < -0.4 is 0 Å². The second-order valence-corrected chi connectivity index (χ2v) is 3.73. The van der Waals surface area contributed by atoms with Crippen LogP contribution in [0.2, 0.25) is 5.15 Å². The highest BCUT2D eigenvalue weighted by Crippen LogP contribution is 2.24. The number of nitro groups is 1. The van der Waals surface area contributed by atoms with Crippen molar-refractivity contribution in [1.29, 1.82) is 0 Å². The van der Waals surface area contributed by atoms with E-state index in [1.807, 2.05) is 0 Å². The molecule has 3 rings (SSSR count). The van der Waals surface area contributed by atoms with Crippen molar-refractivity contribution >= 4 is 23.1 Å². The zero-order valence-corrected chi connectivity index (χ0v) is 9.40. The van der Waals surface area contributed by atoms with Gasteiger partial charge < -0.3 is 4.42 Å². The first kappa shape index (κ1) is 10.7. The number of fused-ring (bicyclic) bond motifs is 1. The minimum atomic E-state index is -0.632. The fourth-order valence-corrected chi connectivity index (χ4v) is 1.60. The Bertz CT molecular complexity index is 750. The lowest BCUT2D eigenvalue weighted by molar-refractivity contribution is -0.401. The SMILES string of the molecule is O=[N+]([O-])c1ccc(-c2nnc3ccc(Cl)nn23)o1. The summed E-state index contributed by atoms with van der Waals surface area (Å²) in [5, 5.41) is 22.5. The summed E-state index contributed by atoms with van der Waals surface area (Å²) >= 11 is 5.76. The van der Waals surface area contributed by atoms with Gasteiger partial charge in [0.1, 0.15) is 10.1 Å². The topological polar surface area (TPSA) is 99.4 Å². The molecule has 0 spiro atoms. The standard InChI is InChI=1S/C9H4ClN5O3/c10-6-2-3-7-11-12-9(14(7)13-6)5-1-4-8(18-5)15(16)17/h1-4H. The van der Waals surface area contributed by atoms with E-state index >= 15 is 0 Å². The molecule has 0 radical (unpaired) electrons. The van der Waals surface area contributed by atoms with Crippen LogP contribution in [0.4, 0.5) is 5.88 Å². The predicted octanol–water partition coefficient (Wildman–Crippen LogP) is 1.95. The van der Waals surface area contributed by atoms with E-state index in [0.29, 0.717) is 5.65 Å². The normalized spacial score (nSPS) is 10.9. The van der Waals surface area contributed by atoms with Gasteiger partial charge in [-0.15, -0.1) is 10.2 Å². The molecule has 0 aliphatic heterocycles. The van der Waals surface area contributed by atoms with Crippen LogP contribution in [0.15, 0.2) is 28.7 Å². The Balaban J connectivity index is 2.18. The minimum Gasteiger partial charge on any atom is -0.397 e. The van der Waals surface area contributed by atoms with Crippen molar-refractivity contribution in [2.24, 2.45) is 0 Å². The fraction of sp³-hybridized carbons (Fsp3) is 0. The Morgan fingerprint density at radius 1 is 1.28 bits per heavy atom. The van der Waals surface area contributed by atoms with E-state index in [2.05, 4.69) is 15.3 Å². The lowest BCUT2D eigenvalue weighted by atomic mass is 10.4. The highest BCUT2D eigenvalue weighted by molar-refractivity contribution is 6.29. The molecule has 3 aromatic rings. The Kier molecular flexibility index (Phi) is 2.23. The molecule has 0 saturated carbocycles. The van der Waals surface area contributed by atoms with Crippen molar-refractivity contribution in [1.82, 2.24) is 19.8 Å². The highest BCUT2D eigenvalue weighted by atomic mass is 35.5. The molecule has 0 unspecified atom stereocenters. The van der Waals surface area contributed by atoms with Gasteiger partial charge in [-0.3, -0.25) is 10.1 Å². The lowest BCUT2D eigenvalue weighted by Gasteiger charge is -1.94. The van der Waals surface area contributed by atoms with Crippen LogP contribution in [0.1, 0.15) is 0 Å². The summed E-state index contributed by atoms with van der Waals surface area (Å²) in [6, 6.07) is 5.86. The maximum Gasteiger partial charge on any atom is 0.433 e. The third-order valence-electron chi connectivity index (χ3n) is 2.22. The van der Waals surface area contributed by atoms with Crippen molar-refractivity contribution < 1.29 is 9.34 Å². The first-order chi connectivity index (χ1) is 8.65. The van der Waals surface area contributed by atoms with Gasteiger partial charge in [0.2, 0.25) is 5.82 Å². The van der Waals surface area contributed by atoms with E-state index in [-0.39, 0.29) is 22.6 Å². The molecule has 0 fully saturated rings. The largest absolute Gasteiger partial charge is 0.433 e. The molecular formula is C9H4ClN5O3. The van der Waals surface area contributed by atoms with Gasteiger partial charge in [0.05, 0.1) is 6.07 Å². The number of hydrogen-bond acceptors (Lipinski definition) is 6.